The molecule has 118 valence electrons. The van der Waals surface area contributed by atoms with Crippen LogP contribution in [0.15, 0.2) is 93.3 Å². The van der Waals surface area contributed by atoms with Crippen LogP contribution in [0.25, 0.3) is 0 Å². The standard InChI is InChI=1S/C19H15IN4/c1-14-2-6-16(7-3-14)21-23-18-10-12-19(13-11-18)24-22-17-8-4-15(20)5-9-17/h2-13H,1H3. The Labute approximate surface area is 154 Å². The van der Waals surface area contributed by atoms with Gasteiger partial charge in [-0.3, -0.25) is 0 Å². The smallest absolute Gasteiger partial charge is 0.0858 e. The highest BCUT2D eigenvalue weighted by molar-refractivity contribution is 14.1. The molecule has 3 aromatic carbocycles. The molecule has 0 aliphatic carbocycles. The fraction of sp³-hybridized carbons (Fsp3) is 0.0526. The van der Waals surface area contributed by atoms with Gasteiger partial charge in [-0.05, 0) is 90.2 Å². The quantitative estimate of drug-likeness (QED) is 0.308. The van der Waals surface area contributed by atoms with E-state index in [1.807, 2.05) is 79.7 Å². The Bertz CT molecular complexity index is 777. The number of hydrogen-bond donors (Lipinski definition) is 0. The monoisotopic (exact) mass is 426 g/mol. The topological polar surface area (TPSA) is 49.4 Å². The Balaban J connectivity index is 1.66. The van der Waals surface area contributed by atoms with Crippen molar-refractivity contribution in [2.75, 3.05) is 0 Å². The number of azo groups is 2. The minimum atomic E-state index is 0.780. The number of nitrogens with zero attached hydrogens (tertiary/aromatic N) is 4. The Morgan fingerprint density at radius 2 is 0.792 bits per heavy atom. The third kappa shape index (κ3) is 4.79. The molecule has 24 heavy (non-hydrogen) atoms. The molecule has 0 radical (unpaired) electrons. The SMILES string of the molecule is Cc1ccc(N=Nc2ccc(N=Nc3ccc(I)cc3)cc2)cc1. The lowest BCUT2D eigenvalue weighted by Gasteiger charge is -1.96. The Hall–Kier alpha value is -2.41. The molecule has 0 aliphatic rings. The summed E-state index contributed by atoms with van der Waals surface area (Å²) in [5.74, 6) is 0. The molecule has 0 unspecified atom stereocenters. The molecule has 5 heteroatoms. The number of benzene rings is 3. The first-order valence-electron chi connectivity index (χ1n) is 7.45. The van der Waals surface area contributed by atoms with Gasteiger partial charge in [0.05, 0.1) is 22.7 Å². The molecule has 3 rings (SSSR count). The van der Waals surface area contributed by atoms with Crippen LogP contribution < -0.4 is 0 Å². The van der Waals surface area contributed by atoms with Crippen molar-refractivity contribution in [1.82, 2.24) is 0 Å². The van der Waals surface area contributed by atoms with Crippen LogP contribution in [0.1, 0.15) is 5.56 Å². The third-order valence-electron chi connectivity index (χ3n) is 3.27. The summed E-state index contributed by atoms with van der Waals surface area (Å²) < 4.78 is 1.18. The fourth-order valence-corrected chi connectivity index (χ4v) is 2.30. The third-order valence-corrected chi connectivity index (χ3v) is 3.99. The number of hydrogen-bond acceptors (Lipinski definition) is 4. The summed E-state index contributed by atoms with van der Waals surface area (Å²) in [6.45, 7) is 2.05. The second-order valence-electron chi connectivity index (χ2n) is 5.23. The molecule has 4 nitrogen and oxygen atoms in total. The number of aryl methyl sites for hydroxylation is 1. The highest BCUT2D eigenvalue weighted by Crippen LogP contribution is 2.23. The van der Waals surface area contributed by atoms with E-state index in [1.165, 1.54) is 9.13 Å². The molecule has 0 aromatic heterocycles. The van der Waals surface area contributed by atoms with Gasteiger partial charge in [0.25, 0.3) is 0 Å². The number of rotatable bonds is 4. The van der Waals surface area contributed by atoms with Crippen molar-refractivity contribution >= 4 is 45.3 Å². The largest absolute Gasteiger partial charge is 0.151 e. The normalized spacial score (nSPS) is 11.4. The summed E-state index contributed by atoms with van der Waals surface area (Å²) in [6.07, 6.45) is 0. The fourth-order valence-electron chi connectivity index (χ4n) is 1.94. The molecule has 0 saturated carbocycles. The molecule has 0 fully saturated rings. The van der Waals surface area contributed by atoms with Gasteiger partial charge in [-0.1, -0.05) is 17.7 Å². The highest BCUT2D eigenvalue weighted by atomic mass is 127. The first-order valence-corrected chi connectivity index (χ1v) is 8.53. The Morgan fingerprint density at radius 3 is 1.17 bits per heavy atom. The summed E-state index contributed by atoms with van der Waals surface area (Å²) in [6, 6.07) is 23.3. The Morgan fingerprint density at radius 1 is 0.500 bits per heavy atom. The summed E-state index contributed by atoms with van der Waals surface area (Å²) in [5, 5.41) is 16.9. The van der Waals surface area contributed by atoms with E-state index in [0.29, 0.717) is 0 Å². The van der Waals surface area contributed by atoms with Crippen molar-refractivity contribution in [3.05, 3.63) is 81.9 Å². The molecule has 0 aliphatic heterocycles. The van der Waals surface area contributed by atoms with Crippen molar-refractivity contribution in [1.29, 1.82) is 0 Å². The maximum absolute atomic E-state index is 4.23. The van der Waals surface area contributed by atoms with E-state index in [0.717, 1.165) is 22.7 Å². The number of halogens is 1. The lowest BCUT2D eigenvalue weighted by Crippen LogP contribution is -1.69. The molecule has 0 spiro atoms. The molecular weight excluding hydrogens is 411 g/mol. The zero-order valence-electron chi connectivity index (χ0n) is 13.1. The van der Waals surface area contributed by atoms with E-state index >= 15 is 0 Å². The lowest BCUT2D eigenvalue weighted by molar-refractivity contribution is 1.21. The van der Waals surface area contributed by atoms with Crippen LogP contribution in [0.3, 0.4) is 0 Å². The van der Waals surface area contributed by atoms with E-state index < -0.39 is 0 Å². The van der Waals surface area contributed by atoms with Crippen molar-refractivity contribution in [3.8, 4) is 0 Å². The predicted octanol–water partition coefficient (Wildman–Crippen LogP) is 7.43. The summed E-state index contributed by atoms with van der Waals surface area (Å²) in [4.78, 5) is 0. The first kappa shape index (κ1) is 16.4. The molecule has 0 N–H and O–H groups in total. The van der Waals surface area contributed by atoms with Gasteiger partial charge in [0.15, 0.2) is 0 Å². The van der Waals surface area contributed by atoms with Crippen LogP contribution in [0.2, 0.25) is 0 Å². The minimum Gasteiger partial charge on any atom is -0.151 e. The van der Waals surface area contributed by atoms with Gasteiger partial charge in [0, 0.05) is 3.57 Å². The molecule has 3 aromatic rings. The second-order valence-corrected chi connectivity index (χ2v) is 6.47. The predicted molar refractivity (Wildman–Crippen MR) is 105 cm³/mol. The van der Waals surface area contributed by atoms with Crippen LogP contribution in [-0.2, 0) is 0 Å². The van der Waals surface area contributed by atoms with Gasteiger partial charge in [-0.2, -0.15) is 20.5 Å². The highest BCUT2D eigenvalue weighted by Gasteiger charge is 1.94. The molecular formula is C19H15IN4. The van der Waals surface area contributed by atoms with Crippen LogP contribution >= 0.6 is 22.6 Å². The zero-order chi connectivity index (χ0) is 16.8. The van der Waals surface area contributed by atoms with Crippen LogP contribution in [0.4, 0.5) is 22.7 Å². The van der Waals surface area contributed by atoms with Gasteiger partial charge in [0.2, 0.25) is 0 Å². The lowest BCUT2D eigenvalue weighted by atomic mass is 10.2. The summed E-state index contributed by atoms with van der Waals surface area (Å²) >= 11 is 2.26. The van der Waals surface area contributed by atoms with Crippen molar-refractivity contribution < 1.29 is 0 Å². The van der Waals surface area contributed by atoms with E-state index in [9.17, 15) is 0 Å². The molecule has 0 bridgehead atoms. The van der Waals surface area contributed by atoms with Crippen molar-refractivity contribution in [2.45, 2.75) is 6.92 Å². The van der Waals surface area contributed by atoms with Crippen molar-refractivity contribution in [2.24, 2.45) is 20.5 Å². The molecule has 0 saturated heterocycles. The van der Waals surface area contributed by atoms with Gasteiger partial charge in [-0.25, -0.2) is 0 Å². The van der Waals surface area contributed by atoms with E-state index in [4.69, 9.17) is 0 Å². The maximum Gasteiger partial charge on any atom is 0.0858 e. The average molecular weight is 426 g/mol. The maximum atomic E-state index is 4.23. The van der Waals surface area contributed by atoms with Gasteiger partial charge in [-0.15, -0.1) is 0 Å². The second kappa shape index (κ2) is 7.92. The van der Waals surface area contributed by atoms with E-state index in [2.05, 4.69) is 43.0 Å². The summed E-state index contributed by atoms with van der Waals surface area (Å²) in [7, 11) is 0. The van der Waals surface area contributed by atoms with Crippen molar-refractivity contribution in [3.63, 3.8) is 0 Å². The van der Waals surface area contributed by atoms with Crippen LogP contribution in [-0.4, -0.2) is 0 Å². The van der Waals surface area contributed by atoms with Gasteiger partial charge >= 0.3 is 0 Å². The summed E-state index contributed by atoms with van der Waals surface area (Å²) in [5.41, 5.74) is 4.44. The van der Waals surface area contributed by atoms with Crippen LogP contribution in [0.5, 0.6) is 0 Å². The molecule has 0 heterocycles. The van der Waals surface area contributed by atoms with Gasteiger partial charge < -0.3 is 0 Å². The minimum absolute atomic E-state index is 0.780. The van der Waals surface area contributed by atoms with E-state index in [1.54, 1.807) is 0 Å². The zero-order valence-corrected chi connectivity index (χ0v) is 15.3. The van der Waals surface area contributed by atoms with Crippen LogP contribution in [0, 0.1) is 10.5 Å². The van der Waals surface area contributed by atoms with E-state index in [-0.39, 0.29) is 0 Å². The Kier molecular flexibility index (Phi) is 5.43. The molecule has 0 atom stereocenters. The first-order chi connectivity index (χ1) is 11.7. The van der Waals surface area contributed by atoms with Gasteiger partial charge in [0.1, 0.15) is 0 Å². The average Bonchev–Trinajstić information content (AvgIpc) is 2.62. The molecule has 0 amide bonds.